The Balaban J connectivity index is 1.50. The number of hydrogen-bond donors (Lipinski definition) is 1. The van der Waals surface area contributed by atoms with Crippen LogP contribution in [0.4, 0.5) is 5.69 Å². The van der Waals surface area contributed by atoms with Gasteiger partial charge >= 0.3 is 0 Å². The summed E-state index contributed by atoms with van der Waals surface area (Å²) >= 11 is 0. The van der Waals surface area contributed by atoms with Crippen LogP contribution in [0.5, 0.6) is 0 Å². The Morgan fingerprint density at radius 1 is 1.06 bits per heavy atom. The lowest BCUT2D eigenvalue weighted by atomic mass is 9.99. The molecule has 1 amide bonds. The van der Waals surface area contributed by atoms with Crippen molar-refractivity contribution in [1.29, 1.82) is 0 Å². The molecule has 0 saturated carbocycles. The third-order valence-corrected chi connectivity index (χ3v) is 6.94. The molecule has 1 saturated heterocycles. The lowest BCUT2D eigenvalue weighted by molar-refractivity contribution is 0.0950. The number of carbonyl (C=O) groups excluding carboxylic acids is 1. The van der Waals surface area contributed by atoms with Crippen LogP contribution in [0.25, 0.3) is 0 Å². The van der Waals surface area contributed by atoms with E-state index in [-0.39, 0.29) is 12.5 Å². The van der Waals surface area contributed by atoms with E-state index in [0.29, 0.717) is 17.8 Å². The molecule has 0 aliphatic carbocycles. The lowest BCUT2D eigenvalue weighted by Crippen LogP contribution is -2.35. The predicted molar refractivity (Wildman–Crippen MR) is 126 cm³/mol. The fourth-order valence-electron chi connectivity index (χ4n) is 3.81. The fraction of sp³-hybridized carbons (Fsp3) is 0.458. The standard InChI is InChI=1S/C24H33N3O3S/c1-20-13-17-26(18-14-20)16-6-15-25-24(28)22-11-9-21(10-12-22)19-27(31(2,29)30)23-7-4-3-5-8-23/h3-5,7-12,20H,6,13-19H2,1-2H3,(H,25,28). The van der Waals surface area contributed by atoms with E-state index < -0.39 is 10.0 Å². The maximum absolute atomic E-state index is 12.4. The van der Waals surface area contributed by atoms with Crippen molar-refractivity contribution < 1.29 is 13.2 Å². The summed E-state index contributed by atoms with van der Waals surface area (Å²) in [6.45, 7) is 6.52. The monoisotopic (exact) mass is 443 g/mol. The molecule has 0 radical (unpaired) electrons. The van der Waals surface area contributed by atoms with Crippen LogP contribution in [0.3, 0.4) is 0 Å². The SMILES string of the molecule is CC1CCN(CCCNC(=O)c2ccc(CN(c3ccccc3)S(C)(=O)=O)cc2)CC1. The van der Waals surface area contributed by atoms with Gasteiger partial charge in [-0.15, -0.1) is 0 Å². The predicted octanol–water partition coefficient (Wildman–Crippen LogP) is 3.50. The van der Waals surface area contributed by atoms with Crippen molar-refractivity contribution in [3.8, 4) is 0 Å². The molecule has 168 valence electrons. The van der Waals surface area contributed by atoms with Crippen LogP contribution in [0, 0.1) is 5.92 Å². The molecule has 0 bridgehead atoms. The molecule has 1 aliphatic heterocycles. The van der Waals surface area contributed by atoms with Gasteiger partial charge in [-0.05, 0) is 74.6 Å². The average Bonchev–Trinajstić information content (AvgIpc) is 2.76. The van der Waals surface area contributed by atoms with Gasteiger partial charge in [0, 0.05) is 12.1 Å². The molecule has 3 rings (SSSR count). The number of sulfonamides is 1. The van der Waals surface area contributed by atoms with Gasteiger partial charge in [0.2, 0.25) is 10.0 Å². The highest BCUT2D eigenvalue weighted by Gasteiger charge is 2.18. The first-order valence-corrected chi connectivity index (χ1v) is 12.8. The number of amides is 1. The second-order valence-corrected chi connectivity index (χ2v) is 10.3. The van der Waals surface area contributed by atoms with Gasteiger partial charge in [-0.2, -0.15) is 0 Å². The Hall–Kier alpha value is -2.38. The van der Waals surface area contributed by atoms with E-state index in [1.165, 1.54) is 23.4 Å². The second kappa shape index (κ2) is 10.8. The number of para-hydroxylation sites is 1. The molecule has 6 nitrogen and oxygen atoms in total. The number of rotatable bonds is 9. The molecule has 2 aromatic carbocycles. The summed E-state index contributed by atoms with van der Waals surface area (Å²) < 4.78 is 25.9. The van der Waals surface area contributed by atoms with Gasteiger partial charge in [0.1, 0.15) is 0 Å². The van der Waals surface area contributed by atoms with Crippen molar-refractivity contribution in [2.24, 2.45) is 5.92 Å². The number of carbonyl (C=O) groups is 1. The van der Waals surface area contributed by atoms with Crippen LogP contribution in [-0.2, 0) is 16.6 Å². The maximum Gasteiger partial charge on any atom is 0.251 e. The Bertz CT molecular complexity index is 938. The highest BCUT2D eigenvalue weighted by molar-refractivity contribution is 7.92. The molecule has 0 spiro atoms. The molecule has 2 aromatic rings. The second-order valence-electron chi connectivity index (χ2n) is 8.44. The van der Waals surface area contributed by atoms with Gasteiger partial charge in [0.25, 0.3) is 5.91 Å². The van der Waals surface area contributed by atoms with Gasteiger partial charge in [0.05, 0.1) is 18.5 Å². The summed E-state index contributed by atoms with van der Waals surface area (Å²) in [6.07, 6.45) is 4.67. The molecule has 1 fully saturated rings. The zero-order valence-electron chi connectivity index (χ0n) is 18.5. The number of nitrogens with one attached hydrogen (secondary N) is 1. The number of anilines is 1. The van der Waals surface area contributed by atoms with Crippen molar-refractivity contribution in [1.82, 2.24) is 10.2 Å². The molecule has 0 aromatic heterocycles. The van der Waals surface area contributed by atoms with Gasteiger partial charge < -0.3 is 10.2 Å². The molecule has 1 heterocycles. The topological polar surface area (TPSA) is 69.7 Å². The van der Waals surface area contributed by atoms with Crippen molar-refractivity contribution in [2.45, 2.75) is 32.7 Å². The number of piperidine rings is 1. The quantitative estimate of drug-likeness (QED) is 0.602. The Morgan fingerprint density at radius 3 is 2.32 bits per heavy atom. The Kier molecular flexibility index (Phi) is 8.09. The Morgan fingerprint density at radius 2 is 1.71 bits per heavy atom. The first kappa shape index (κ1) is 23.3. The minimum atomic E-state index is -3.42. The van der Waals surface area contributed by atoms with E-state index in [0.717, 1.165) is 37.5 Å². The molecule has 1 aliphatic rings. The van der Waals surface area contributed by atoms with Gasteiger partial charge in [-0.3, -0.25) is 9.10 Å². The molecule has 1 N–H and O–H groups in total. The number of likely N-dealkylation sites (tertiary alicyclic amines) is 1. The summed E-state index contributed by atoms with van der Waals surface area (Å²) in [4.78, 5) is 14.9. The van der Waals surface area contributed by atoms with Crippen LogP contribution < -0.4 is 9.62 Å². The highest BCUT2D eigenvalue weighted by Crippen LogP contribution is 2.20. The van der Waals surface area contributed by atoms with Crippen molar-refractivity contribution in [3.63, 3.8) is 0 Å². The summed E-state index contributed by atoms with van der Waals surface area (Å²) in [5.41, 5.74) is 2.03. The number of hydrogen-bond acceptors (Lipinski definition) is 4. The molecule has 0 atom stereocenters. The summed E-state index contributed by atoms with van der Waals surface area (Å²) in [5, 5.41) is 2.99. The van der Waals surface area contributed by atoms with Crippen LogP contribution in [-0.4, -0.2) is 51.7 Å². The van der Waals surface area contributed by atoms with Crippen LogP contribution in [0.15, 0.2) is 54.6 Å². The maximum atomic E-state index is 12.4. The van der Waals surface area contributed by atoms with E-state index in [4.69, 9.17) is 0 Å². The molecular weight excluding hydrogens is 410 g/mol. The lowest BCUT2D eigenvalue weighted by Gasteiger charge is -2.30. The normalized spacial score (nSPS) is 15.5. The first-order chi connectivity index (χ1) is 14.8. The third-order valence-electron chi connectivity index (χ3n) is 5.80. The van der Waals surface area contributed by atoms with Gasteiger partial charge in [-0.1, -0.05) is 37.3 Å². The van der Waals surface area contributed by atoms with E-state index in [9.17, 15) is 13.2 Å². The smallest absolute Gasteiger partial charge is 0.251 e. The van der Waals surface area contributed by atoms with Crippen LogP contribution in [0.1, 0.15) is 42.1 Å². The minimum Gasteiger partial charge on any atom is -0.352 e. The van der Waals surface area contributed by atoms with Crippen LogP contribution >= 0.6 is 0 Å². The van der Waals surface area contributed by atoms with Crippen molar-refractivity contribution in [2.75, 3.05) is 36.7 Å². The van der Waals surface area contributed by atoms with Gasteiger partial charge in [0.15, 0.2) is 0 Å². The van der Waals surface area contributed by atoms with Crippen molar-refractivity contribution in [3.05, 3.63) is 65.7 Å². The molecular formula is C24H33N3O3S. The molecule has 31 heavy (non-hydrogen) atoms. The Labute approximate surface area is 186 Å². The first-order valence-electron chi connectivity index (χ1n) is 10.9. The van der Waals surface area contributed by atoms with Gasteiger partial charge in [-0.25, -0.2) is 8.42 Å². The fourth-order valence-corrected chi connectivity index (χ4v) is 4.70. The third kappa shape index (κ3) is 7.08. The minimum absolute atomic E-state index is 0.0955. The number of benzene rings is 2. The number of nitrogens with zero attached hydrogens (tertiary/aromatic N) is 2. The summed E-state index contributed by atoms with van der Waals surface area (Å²) in [6, 6.07) is 16.1. The van der Waals surface area contributed by atoms with Crippen LogP contribution in [0.2, 0.25) is 0 Å². The zero-order valence-corrected chi connectivity index (χ0v) is 19.3. The highest BCUT2D eigenvalue weighted by atomic mass is 32.2. The zero-order chi connectivity index (χ0) is 22.3. The average molecular weight is 444 g/mol. The van der Waals surface area contributed by atoms with Crippen molar-refractivity contribution >= 4 is 21.6 Å². The van der Waals surface area contributed by atoms with E-state index >= 15 is 0 Å². The van der Waals surface area contributed by atoms with E-state index in [1.54, 1.807) is 24.3 Å². The van der Waals surface area contributed by atoms with E-state index in [2.05, 4.69) is 17.1 Å². The molecule has 0 unspecified atom stereocenters. The summed E-state index contributed by atoms with van der Waals surface area (Å²) in [5.74, 6) is 0.734. The largest absolute Gasteiger partial charge is 0.352 e. The molecule has 7 heteroatoms. The summed E-state index contributed by atoms with van der Waals surface area (Å²) in [7, 11) is -3.42. The van der Waals surface area contributed by atoms with E-state index in [1.807, 2.05) is 30.3 Å².